The predicted octanol–water partition coefficient (Wildman–Crippen LogP) is 2.65. The number of aliphatic hydroxyl groups excluding tert-OH is 1. The zero-order chi connectivity index (χ0) is 40.5. The molecule has 4 N–H and O–H groups in total. The normalized spacial score (nSPS) is 21.2. The Balaban J connectivity index is 1.80. The zero-order valence-corrected chi connectivity index (χ0v) is 34.1. The van der Waals surface area contributed by atoms with Crippen molar-refractivity contribution in [1.82, 2.24) is 24.9 Å². The number of primary amides is 1. The Bertz CT molecular complexity index is 1430. The number of likely N-dealkylation sites (N-methyl/N-ethyl adjacent to an activating group) is 1. The number of rotatable bonds is 18. The lowest BCUT2D eigenvalue weighted by molar-refractivity contribution is -0.160. The largest absolute Gasteiger partial charge is 0.394 e. The minimum atomic E-state index is -1.22. The van der Waals surface area contributed by atoms with E-state index >= 15 is 0 Å². The van der Waals surface area contributed by atoms with Gasteiger partial charge >= 0.3 is 6.03 Å². The fraction of sp³-hybridized carbons (Fsp3) is 0.725. The molecule has 3 rings (SSSR count). The van der Waals surface area contributed by atoms with Gasteiger partial charge in [0, 0.05) is 40.9 Å². The summed E-state index contributed by atoms with van der Waals surface area (Å²) in [6.07, 6.45) is 1.32. The van der Waals surface area contributed by atoms with E-state index in [1.807, 2.05) is 58.0 Å². The van der Waals surface area contributed by atoms with Crippen LogP contribution in [0.25, 0.3) is 0 Å². The molecular formula is C40H66N6O8. The highest BCUT2D eigenvalue weighted by Gasteiger charge is 2.49. The SMILES string of the molecule is CC[C@H](C)[C@@H]([C@@H](CC(=O)N1CCC[C@H]1[C@H](OC)[C@@H](C)C(=O)N[C@H](CO)Cc1ccccc1)OC)N(C)C(=O)[C@H](C(C)C)N1CCN(C(N)=O)C(C)(C)C1=O. The van der Waals surface area contributed by atoms with Gasteiger partial charge in [0.25, 0.3) is 0 Å². The number of urea groups is 1. The van der Waals surface area contributed by atoms with Crippen LogP contribution in [0, 0.1) is 17.8 Å². The maximum Gasteiger partial charge on any atom is 0.315 e. The Labute approximate surface area is 322 Å². The Kier molecular flexibility index (Phi) is 16.3. The summed E-state index contributed by atoms with van der Waals surface area (Å²) in [5.41, 5.74) is 5.36. The van der Waals surface area contributed by atoms with Crippen LogP contribution in [0.15, 0.2) is 30.3 Å². The third kappa shape index (κ3) is 10.1. The number of likely N-dealkylation sites (tertiary alicyclic amines) is 1. The van der Waals surface area contributed by atoms with Crippen LogP contribution >= 0.6 is 0 Å². The number of nitrogens with one attached hydrogen (secondary N) is 1. The molecule has 14 nitrogen and oxygen atoms in total. The van der Waals surface area contributed by atoms with Crippen molar-refractivity contribution in [3.63, 3.8) is 0 Å². The highest BCUT2D eigenvalue weighted by molar-refractivity contribution is 5.95. The molecule has 8 atom stereocenters. The molecule has 0 bridgehead atoms. The Morgan fingerprint density at radius 2 is 1.69 bits per heavy atom. The fourth-order valence-corrected chi connectivity index (χ4v) is 8.39. The van der Waals surface area contributed by atoms with Crippen molar-refractivity contribution < 1.29 is 38.6 Å². The van der Waals surface area contributed by atoms with Crippen LogP contribution in [0.3, 0.4) is 0 Å². The second-order valence-electron chi connectivity index (χ2n) is 15.9. The summed E-state index contributed by atoms with van der Waals surface area (Å²) < 4.78 is 12.0. The third-order valence-electron chi connectivity index (χ3n) is 11.7. The summed E-state index contributed by atoms with van der Waals surface area (Å²) in [5, 5.41) is 13.0. The van der Waals surface area contributed by atoms with Crippen molar-refractivity contribution in [2.45, 2.75) is 122 Å². The molecule has 0 unspecified atom stereocenters. The van der Waals surface area contributed by atoms with Crippen molar-refractivity contribution in [2.75, 3.05) is 47.5 Å². The number of carbonyl (C=O) groups excluding carboxylic acids is 5. The average molecular weight is 759 g/mol. The molecule has 1 aromatic carbocycles. The van der Waals surface area contributed by atoms with Crippen molar-refractivity contribution in [1.29, 1.82) is 0 Å². The number of aliphatic hydroxyl groups is 1. The molecule has 14 heteroatoms. The van der Waals surface area contributed by atoms with E-state index in [-0.39, 0.29) is 67.6 Å². The smallest absolute Gasteiger partial charge is 0.315 e. The maximum absolute atomic E-state index is 14.5. The number of hydrogen-bond donors (Lipinski definition) is 3. The zero-order valence-electron chi connectivity index (χ0n) is 34.1. The fourth-order valence-electron chi connectivity index (χ4n) is 8.39. The van der Waals surface area contributed by atoms with Gasteiger partial charge in [-0.05, 0) is 50.5 Å². The van der Waals surface area contributed by atoms with Gasteiger partial charge in [0.05, 0.1) is 49.3 Å². The van der Waals surface area contributed by atoms with Gasteiger partial charge in [0.2, 0.25) is 23.6 Å². The lowest BCUT2D eigenvalue weighted by atomic mass is 9.88. The van der Waals surface area contributed by atoms with Gasteiger partial charge in [-0.3, -0.25) is 19.2 Å². The molecular weight excluding hydrogens is 692 g/mol. The number of piperazine rings is 1. The molecule has 2 fully saturated rings. The van der Waals surface area contributed by atoms with Crippen LogP contribution in [0.1, 0.15) is 79.7 Å². The molecule has 0 radical (unpaired) electrons. The van der Waals surface area contributed by atoms with Crippen LogP contribution in [0.5, 0.6) is 0 Å². The lowest BCUT2D eigenvalue weighted by Crippen LogP contribution is -2.69. The number of carbonyl (C=O) groups is 5. The Hall–Kier alpha value is -3.75. The van der Waals surface area contributed by atoms with Crippen molar-refractivity contribution in [3.8, 4) is 0 Å². The first-order valence-corrected chi connectivity index (χ1v) is 19.4. The molecule has 54 heavy (non-hydrogen) atoms. The molecule has 6 amide bonds. The topological polar surface area (TPSA) is 175 Å². The summed E-state index contributed by atoms with van der Waals surface area (Å²) in [7, 11) is 4.79. The highest BCUT2D eigenvalue weighted by Crippen LogP contribution is 2.31. The average Bonchev–Trinajstić information content (AvgIpc) is 3.62. The summed E-state index contributed by atoms with van der Waals surface area (Å²) >= 11 is 0. The van der Waals surface area contributed by atoms with Crippen LogP contribution in [0.4, 0.5) is 4.79 Å². The number of methoxy groups -OCH3 is 2. The molecule has 0 saturated carbocycles. The first kappa shape index (κ1) is 44.6. The van der Waals surface area contributed by atoms with E-state index in [0.29, 0.717) is 25.8 Å². The van der Waals surface area contributed by atoms with Crippen molar-refractivity contribution in [3.05, 3.63) is 35.9 Å². The van der Waals surface area contributed by atoms with Gasteiger partial charge in [-0.15, -0.1) is 0 Å². The molecule has 0 spiro atoms. The minimum absolute atomic E-state index is 0.00407. The lowest BCUT2D eigenvalue weighted by Gasteiger charge is -2.49. The van der Waals surface area contributed by atoms with Gasteiger partial charge < -0.3 is 45.2 Å². The maximum atomic E-state index is 14.5. The molecule has 1 aromatic rings. The Morgan fingerprint density at radius 3 is 2.22 bits per heavy atom. The second kappa shape index (κ2) is 19.7. The number of benzene rings is 1. The number of nitrogens with zero attached hydrogens (tertiary/aromatic N) is 4. The van der Waals surface area contributed by atoms with E-state index in [1.165, 1.54) is 4.90 Å². The third-order valence-corrected chi connectivity index (χ3v) is 11.7. The molecule has 0 aromatic heterocycles. The summed E-state index contributed by atoms with van der Waals surface area (Å²) in [4.78, 5) is 74.5. The van der Waals surface area contributed by atoms with Gasteiger partial charge in [0.15, 0.2) is 0 Å². The summed E-state index contributed by atoms with van der Waals surface area (Å²) in [6.45, 7) is 13.5. The van der Waals surface area contributed by atoms with Crippen molar-refractivity contribution in [2.24, 2.45) is 23.5 Å². The van der Waals surface area contributed by atoms with E-state index in [0.717, 1.165) is 12.0 Å². The summed E-state index contributed by atoms with van der Waals surface area (Å²) in [6, 6.07) is 6.81. The Morgan fingerprint density at radius 1 is 1.04 bits per heavy atom. The van der Waals surface area contributed by atoms with Crippen LogP contribution < -0.4 is 11.1 Å². The van der Waals surface area contributed by atoms with E-state index in [9.17, 15) is 29.1 Å². The number of ether oxygens (including phenoxy) is 2. The van der Waals surface area contributed by atoms with Crippen molar-refractivity contribution >= 4 is 29.7 Å². The molecule has 2 saturated heterocycles. The predicted molar refractivity (Wildman–Crippen MR) is 206 cm³/mol. The highest BCUT2D eigenvalue weighted by atomic mass is 16.5. The minimum Gasteiger partial charge on any atom is -0.394 e. The van der Waals surface area contributed by atoms with E-state index < -0.39 is 47.8 Å². The number of nitrogens with two attached hydrogens (primary N) is 1. The quantitative estimate of drug-likeness (QED) is 0.205. The van der Waals surface area contributed by atoms with E-state index in [2.05, 4.69) is 5.32 Å². The summed E-state index contributed by atoms with van der Waals surface area (Å²) in [5.74, 6) is -1.98. The van der Waals surface area contributed by atoms with Crippen LogP contribution in [-0.2, 0) is 35.1 Å². The van der Waals surface area contributed by atoms with E-state index in [1.54, 1.807) is 56.7 Å². The molecule has 304 valence electrons. The molecule has 2 aliphatic rings. The van der Waals surface area contributed by atoms with E-state index in [4.69, 9.17) is 15.2 Å². The van der Waals surface area contributed by atoms with Crippen LogP contribution in [0.2, 0.25) is 0 Å². The number of hydrogen-bond acceptors (Lipinski definition) is 8. The molecule has 2 heterocycles. The second-order valence-corrected chi connectivity index (χ2v) is 15.9. The first-order chi connectivity index (χ1) is 25.5. The van der Waals surface area contributed by atoms with Gasteiger partial charge in [-0.1, -0.05) is 71.4 Å². The van der Waals surface area contributed by atoms with Gasteiger partial charge in [0.1, 0.15) is 11.6 Å². The van der Waals surface area contributed by atoms with Gasteiger partial charge in [-0.2, -0.15) is 0 Å². The molecule has 0 aliphatic carbocycles. The van der Waals surface area contributed by atoms with Crippen LogP contribution in [-0.4, -0.2) is 144 Å². The monoisotopic (exact) mass is 758 g/mol. The number of amides is 6. The molecule has 2 aliphatic heterocycles. The standard InChI is InChI=1S/C40H66N6O8/c1-11-26(4)34(43(8)37(50)33(25(2)3)45-20-21-46(39(41)52)40(6,7)38(45)51)31(53-9)23-32(48)44-19-15-18-30(44)35(54-10)27(5)36(49)42-29(24-47)22-28-16-13-12-14-17-28/h12-14,16-17,25-27,29-31,33-35,47H,11,15,18-24H2,1-10H3,(H2,41,52)(H,42,49)/t26-,27+,29-,30-,31+,33-,34-,35+/m0/s1. The van der Waals surface area contributed by atoms with Gasteiger partial charge in [-0.25, -0.2) is 4.79 Å². The first-order valence-electron chi connectivity index (χ1n) is 19.4.